The molecule has 1 amide bonds. The van der Waals surface area contributed by atoms with Gasteiger partial charge < -0.3 is 15.2 Å². The Kier molecular flexibility index (Phi) is 7.35. The van der Waals surface area contributed by atoms with Crippen molar-refractivity contribution in [3.05, 3.63) is 75.2 Å². The molecular weight excluding hydrogens is 456 g/mol. The molecule has 33 heavy (non-hydrogen) atoms. The Hall–Kier alpha value is -2.84. The van der Waals surface area contributed by atoms with E-state index in [4.69, 9.17) is 4.74 Å². The van der Waals surface area contributed by atoms with E-state index in [9.17, 15) is 14.7 Å². The molecule has 1 heterocycles. The Morgan fingerprint density at radius 1 is 1.12 bits per heavy atom. The zero-order valence-corrected chi connectivity index (χ0v) is 20.2. The molecule has 1 aliphatic carbocycles. The highest BCUT2D eigenvalue weighted by Gasteiger charge is 2.29. The topological polar surface area (TPSA) is 88.5 Å². The first-order valence-corrected chi connectivity index (χ1v) is 12.8. The maximum atomic E-state index is 12.4. The van der Waals surface area contributed by atoms with Gasteiger partial charge in [-0.2, -0.15) is 11.8 Å². The summed E-state index contributed by atoms with van der Waals surface area (Å²) in [5.74, 6) is 0.201. The molecule has 4 rings (SSSR count). The number of aliphatic carboxylic acids is 1. The standard InChI is InChI=1S/C25H26N2O4S2/c1-15-16(2)33-23(26-15)14-32-12-11-22(24(28)29)27-25(30)31-13-21-19-9-5-3-7-17(19)18-8-4-6-10-20(18)21/h3-10,21-22H,11-14H2,1-2H3,(H,27,30)(H,28,29). The summed E-state index contributed by atoms with van der Waals surface area (Å²) in [6.45, 7) is 4.18. The van der Waals surface area contributed by atoms with Crippen LogP contribution in [0.25, 0.3) is 11.1 Å². The summed E-state index contributed by atoms with van der Waals surface area (Å²) in [7, 11) is 0. The van der Waals surface area contributed by atoms with Gasteiger partial charge in [0.25, 0.3) is 0 Å². The lowest BCUT2D eigenvalue weighted by atomic mass is 9.98. The number of thiazole rings is 1. The van der Waals surface area contributed by atoms with E-state index in [1.165, 1.54) is 4.88 Å². The Morgan fingerprint density at radius 2 is 1.76 bits per heavy atom. The van der Waals surface area contributed by atoms with Crippen molar-refractivity contribution in [3.63, 3.8) is 0 Å². The third-order valence-electron chi connectivity index (χ3n) is 5.78. The van der Waals surface area contributed by atoms with Crippen LogP contribution >= 0.6 is 23.1 Å². The number of carbonyl (C=O) groups excluding carboxylic acids is 1. The zero-order chi connectivity index (χ0) is 23.4. The van der Waals surface area contributed by atoms with E-state index >= 15 is 0 Å². The summed E-state index contributed by atoms with van der Waals surface area (Å²) in [6, 6.07) is 15.2. The van der Waals surface area contributed by atoms with Crippen molar-refractivity contribution in [2.24, 2.45) is 0 Å². The number of rotatable bonds is 9. The third kappa shape index (κ3) is 5.39. The van der Waals surface area contributed by atoms with Crippen LogP contribution in [0, 0.1) is 13.8 Å². The van der Waals surface area contributed by atoms with Crippen molar-refractivity contribution in [1.29, 1.82) is 0 Å². The summed E-state index contributed by atoms with van der Waals surface area (Å²) >= 11 is 3.27. The number of benzene rings is 2. The highest BCUT2D eigenvalue weighted by molar-refractivity contribution is 7.98. The summed E-state index contributed by atoms with van der Waals surface area (Å²) < 4.78 is 5.48. The Balaban J connectivity index is 1.29. The quantitative estimate of drug-likeness (QED) is 0.398. The smallest absolute Gasteiger partial charge is 0.407 e. The normalized spacial score (nSPS) is 13.3. The minimum absolute atomic E-state index is 0.0628. The minimum Gasteiger partial charge on any atom is -0.480 e. The molecule has 8 heteroatoms. The summed E-state index contributed by atoms with van der Waals surface area (Å²) in [5.41, 5.74) is 5.56. The second kappa shape index (κ2) is 10.4. The van der Waals surface area contributed by atoms with E-state index in [0.29, 0.717) is 12.2 Å². The number of nitrogens with one attached hydrogen (secondary N) is 1. The van der Waals surface area contributed by atoms with Crippen LogP contribution in [0.2, 0.25) is 0 Å². The molecule has 0 fully saturated rings. The van der Waals surface area contributed by atoms with Gasteiger partial charge in [-0.25, -0.2) is 14.6 Å². The lowest BCUT2D eigenvalue weighted by molar-refractivity contribution is -0.139. The number of carboxylic acid groups (broad SMARTS) is 1. The van der Waals surface area contributed by atoms with Crippen molar-refractivity contribution in [2.45, 2.75) is 38.0 Å². The molecule has 172 valence electrons. The van der Waals surface area contributed by atoms with Gasteiger partial charge in [-0.3, -0.25) is 0 Å². The van der Waals surface area contributed by atoms with Crippen LogP contribution in [0.1, 0.15) is 39.0 Å². The van der Waals surface area contributed by atoms with Gasteiger partial charge in [-0.1, -0.05) is 48.5 Å². The fourth-order valence-electron chi connectivity index (χ4n) is 4.00. The highest BCUT2D eigenvalue weighted by atomic mass is 32.2. The van der Waals surface area contributed by atoms with Crippen LogP contribution in [0.4, 0.5) is 4.79 Å². The number of hydrogen-bond acceptors (Lipinski definition) is 6. The second-order valence-corrected chi connectivity index (χ2v) is 10.3. The van der Waals surface area contributed by atoms with Gasteiger partial charge in [0.05, 0.1) is 5.69 Å². The number of fused-ring (bicyclic) bond motifs is 3. The molecule has 1 unspecified atom stereocenters. The van der Waals surface area contributed by atoms with Crippen molar-refractivity contribution in [3.8, 4) is 11.1 Å². The second-order valence-electron chi connectivity index (χ2n) is 7.95. The summed E-state index contributed by atoms with van der Waals surface area (Å²) in [4.78, 5) is 29.8. The molecule has 3 aromatic rings. The fraction of sp³-hybridized carbons (Fsp3) is 0.320. The van der Waals surface area contributed by atoms with Crippen LogP contribution < -0.4 is 5.32 Å². The monoisotopic (exact) mass is 482 g/mol. The molecule has 6 nitrogen and oxygen atoms in total. The number of hydrogen-bond donors (Lipinski definition) is 2. The predicted octanol–water partition coefficient (Wildman–Crippen LogP) is 5.38. The first kappa shape index (κ1) is 23.3. The van der Waals surface area contributed by atoms with E-state index in [1.807, 2.05) is 50.2 Å². The van der Waals surface area contributed by atoms with E-state index in [0.717, 1.165) is 38.7 Å². The van der Waals surface area contributed by atoms with Crippen molar-refractivity contribution < 1.29 is 19.4 Å². The van der Waals surface area contributed by atoms with E-state index < -0.39 is 18.1 Å². The molecule has 1 aromatic heterocycles. The zero-order valence-electron chi connectivity index (χ0n) is 18.5. The fourth-order valence-corrected chi connectivity index (χ4v) is 6.00. The number of aryl methyl sites for hydroxylation is 2. The Labute approximate surface area is 201 Å². The third-order valence-corrected chi connectivity index (χ3v) is 8.04. The van der Waals surface area contributed by atoms with Gasteiger partial charge in [0, 0.05) is 16.5 Å². The molecule has 0 radical (unpaired) electrons. The average molecular weight is 483 g/mol. The molecule has 1 aliphatic rings. The molecule has 2 aromatic carbocycles. The number of thioether (sulfide) groups is 1. The van der Waals surface area contributed by atoms with Gasteiger partial charge in [0.2, 0.25) is 0 Å². The van der Waals surface area contributed by atoms with Gasteiger partial charge in [0.1, 0.15) is 17.7 Å². The molecule has 2 N–H and O–H groups in total. The lowest BCUT2D eigenvalue weighted by Gasteiger charge is -2.17. The van der Waals surface area contributed by atoms with E-state index in [2.05, 4.69) is 22.4 Å². The highest BCUT2D eigenvalue weighted by Crippen LogP contribution is 2.44. The molecule has 0 aliphatic heterocycles. The number of ether oxygens (including phenoxy) is 1. The molecule has 0 saturated carbocycles. The van der Waals surface area contributed by atoms with Crippen molar-refractivity contribution in [2.75, 3.05) is 12.4 Å². The molecule has 0 bridgehead atoms. The number of aromatic nitrogens is 1. The number of carbonyl (C=O) groups is 2. The lowest BCUT2D eigenvalue weighted by Crippen LogP contribution is -2.41. The van der Waals surface area contributed by atoms with Crippen LogP contribution in [0.5, 0.6) is 0 Å². The summed E-state index contributed by atoms with van der Waals surface area (Å²) in [6.07, 6.45) is -0.395. The van der Waals surface area contributed by atoms with Crippen LogP contribution in [0.3, 0.4) is 0 Å². The predicted molar refractivity (Wildman–Crippen MR) is 132 cm³/mol. The number of carboxylic acids is 1. The van der Waals surface area contributed by atoms with Gasteiger partial charge in [-0.15, -0.1) is 11.3 Å². The first-order chi connectivity index (χ1) is 15.9. The number of nitrogens with zero attached hydrogens (tertiary/aromatic N) is 1. The molecule has 0 spiro atoms. The van der Waals surface area contributed by atoms with Crippen molar-refractivity contribution in [1.82, 2.24) is 10.3 Å². The average Bonchev–Trinajstić information content (AvgIpc) is 3.30. The van der Waals surface area contributed by atoms with E-state index in [1.54, 1.807) is 23.1 Å². The van der Waals surface area contributed by atoms with E-state index in [-0.39, 0.29) is 12.5 Å². The van der Waals surface area contributed by atoms with Crippen LogP contribution in [-0.4, -0.2) is 40.6 Å². The van der Waals surface area contributed by atoms with Crippen molar-refractivity contribution >= 4 is 35.2 Å². The Morgan fingerprint density at radius 3 is 2.33 bits per heavy atom. The largest absolute Gasteiger partial charge is 0.480 e. The first-order valence-electron chi connectivity index (χ1n) is 10.8. The summed E-state index contributed by atoms with van der Waals surface area (Å²) in [5, 5.41) is 13.1. The number of amides is 1. The maximum absolute atomic E-state index is 12.4. The Bertz CT molecular complexity index is 1100. The minimum atomic E-state index is -1.06. The van der Waals surface area contributed by atoms with Crippen LogP contribution in [0.15, 0.2) is 48.5 Å². The van der Waals surface area contributed by atoms with Gasteiger partial charge >= 0.3 is 12.1 Å². The SMILES string of the molecule is Cc1nc(CSCCC(NC(=O)OCC2c3ccccc3-c3ccccc32)C(=O)O)sc1C. The molecule has 0 saturated heterocycles. The van der Waals surface area contributed by atoms with Crippen LogP contribution in [-0.2, 0) is 15.3 Å². The number of alkyl carbamates (subject to hydrolysis) is 1. The molecular formula is C25H26N2O4S2. The maximum Gasteiger partial charge on any atom is 0.407 e. The van der Waals surface area contributed by atoms with Gasteiger partial charge in [-0.05, 0) is 48.3 Å². The molecule has 1 atom stereocenters. The van der Waals surface area contributed by atoms with Gasteiger partial charge in [0.15, 0.2) is 0 Å².